The number of carbonyl (C=O) groups excluding carboxylic acids is 2. The van der Waals surface area contributed by atoms with E-state index >= 15 is 0 Å². The number of rotatable bonds is 2. The van der Waals surface area contributed by atoms with Gasteiger partial charge in [0.2, 0.25) is 0 Å². The van der Waals surface area contributed by atoms with Gasteiger partial charge in [-0.25, -0.2) is 9.97 Å². The summed E-state index contributed by atoms with van der Waals surface area (Å²) < 4.78 is 0.806. The zero-order valence-electron chi connectivity index (χ0n) is 9.32. The van der Waals surface area contributed by atoms with E-state index in [1.165, 1.54) is 6.20 Å². The van der Waals surface area contributed by atoms with Crippen LogP contribution in [0.2, 0.25) is 0 Å². The lowest BCUT2D eigenvalue weighted by Crippen LogP contribution is -1.80. The molecule has 0 aliphatic heterocycles. The molecule has 17 heavy (non-hydrogen) atoms. The van der Waals surface area contributed by atoms with Crippen LogP contribution in [0, 0.1) is 17.5 Å². The molecule has 7 heteroatoms. The summed E-state index contributed by atoms with van der Waals surface area (Å²) in [5, 5.41) is 0. The SMILES string of the molecule is Cc1nc(C=O)c(I)[nH]1.Cc1ncc(C=O)[nH]1. The smallest absolute Gasteiger partial charge is 0.171 e. The Hall–Kier alpha value is -1.51. The van der Waals surface area contributed by atoms with E-state index in [9.17, 15) is 9.59 Å². The Balaban J connectivity index is 0.000000171. The quantitative estimate of drug-likeness (QED) is 0.639. The molecule has 0 atom stereocenters. The van der Waals surface area contributed by atoms with E-state index in [0.717, 1.165) is 27.9 Å². The third-order valence-corrected chi connectivity index (χ3v) is 2.59. The Morgan fingerprint density at radius 3 is 2.12 bits per heavy atom. The van der Waals surface area contributed by atoms with Gasteiger partial charge in [-0.1, -0.05) is 0 Å². The minimum atomic E-state index is 0.494. The van der Waals surface area contributed by atoms with E-state index < -0.39 is 0 Å². The van der Waals surface area contributed by atoms with Gasteiger partial charge in [-0.3, -0.25) is 9.59 Å². The number of H-pyrrole nitrogens is 2. The third-order valence-electron chi connectivity index (χ3n) is 1.76. The molecule has 0 radical (unpaired) electrons. The van der Waals surface area contributed by atoms with Crippen molar-refractivity contribution >= 4 is 35.2 Å². The zero-order chi connectivity index (χ0) is 12.8. The summed E-state index contributed by atoms with van der Waals surface area (Å²) in [7, 11) is 0. The minimum absolute atomic E-state index is 0.494. The molecule has 2 N–H and O–H groups in total. The Morgan fingerprint density at radius 2 is 1.88 bits per heavy atom. The van der Waals surface area contributed by atoms with Gasteiger partial charge in [0.1, 0.15) is 21.0 Å². The van der Waals surface area contributed by atoms with Gasteiger partial charge in [0.05, 0.1) is 11.9 Å². The van der Waals surface area contributed by atoms with E-state index in [-0.39, 0.29) is 0 Å². The number of nitrogens with one attached hydrogen (secondary N) is 2. The van der Waals surface area contributed by atoms with Crippen LogP contribution >= 0.6 is 22.6 Å². The normalized spacial score (nSPS) is 9.35. The number of aromatic nitrogens is 4. The second-order valence-corrected chi connectivity index (χ2v) is 4.26. The predicted molar refractivity (Wildman–Crippen MR) is 70.1 cm³/mol. The number of nitrogens with zero attached hydrogens (tertiary/aromatic N) is 2. The average molecular weight is 346 g/mol. The molecule has 2 aromatic heterocycles. The molecule has 2 rings (SSSR count). The first-order valence-electron chi connectivity index (χ1n) is 4.71. The number of hydrogen-bond acceptors (Lipinski definition) is 4. The lowest BCUT2D eigenvalue weighted by molar-refractivity contribution is 0.111. The van der Waals surface area contributed by atoms with Crippen LogP contribution in [0.3, 0.4) is 0 Å². The van der Waals surface area contributed by atoms with Crippen LogP contribution in [-0.4, -0.2) is 32.5 Å². The van der Waals surface area contributed by atoms with Crippen molar-refractivity contribution in [3.8, 4) is 0 Å². The zero-order valence-corrected chi connectivity index (χ0v) is 11.5. The van der Waals surface area contributed by atoms with Crippen LogP contribution in [0.4, 0.5) is 0 Å². The van der Waals surface area contributed by atoms with Gasteiger partial charge in [0, 0.05) is 0 Å². The maximum atomic E-state index is 10.2. The summed E-state index contributed by atoms with van der Waals surface area (Å²) in [6.07, 6.45) is 2.98. The highest BCUT2D eigenvalue weighted by molar-refractivity contribution is 14.1. The summed E-state index contributed by atoms with van der Waals surface area (Å²) in [6, 6.07) is 0. The second kappa shape index (κ2) is 6.28. The lowest BCUT2D eigenvalue weighted by atomic mass is 10.5. The minimum Gasteiger partial charge on any atom is -0.340 e. The monoisotopic (exact) mass is 346 g/mol. The van der Waals surface area contributed by atoms with Crippen LogP contribution < -0.4 is 0 Å². The van der Waals surface area contributed by atoms with Gasteiger partial charge in [0.15, 0.2) is 12.6 Å². The molecule has 0 saturated carbocycles. The molecule has 0 saturated heterocycles. The summed E-state index contributed by atoms with van der Waals surface area (Å²) in [4.78, 5) is 33.4. The van der Waals surface area contributed by atoms with Crippen LogP contribution in [0.25, 0.3) is 0 Å². The van der Waals surface area contributed by atoms with Crippen molar-refractivity contribution < 1.29 is 9.59 Å². The Bertz CT molecular complexity index is 518. The second-order valence-electron chi connectivity index (χ2n) is 3.18. The molecule has 0 unspecified atom stereocenters. The first-order chi connectivity index (χ1) is 8.06. The van der Waals surface area contributed by atoms with Crippen LogP contribution in [-0.2, 0) is 0 Å². The average Bonchev–Trinajstić information content (AvgIpc) is 2.85. The maximum absolute atomic E-state index is 10.2. The topological polar surface area (TPSA) is 91.5 Å². The maximum Gasteiger partial charge on any atom is 0.171 e. The Labute approximate surface area is 111 Å². The number of aldehydes is 2. The van der Waals surface area contributed by atoms with Crippen molar-refractivity contribution in [1.29, 1.82) is 0 Å². The van der Waals surface area contributed by atoms with Crippen LogP contribution in [0.1, 0.15) is 32.6 Å². The van der Waals surface area contributed by atoms with Crippen molar-refractivity contribution in [2.45, 2.75) is 13.8 Å². The van der Waals surface area contributed by atoms with E-state index in [0.29, 0.717) is 11.4 Å². The van der Waals surface area contributed by atoms with Gasteiger partial charge in [-0.15, -0.1) is 0 Å². The third kappa shape index (κ3) is 4.10. The fourth-order valence-electron chi connectivity index (χ4n) is 1.06. The number of carbonyl (C=O) groups is 2. The highest BCUT2D eigenvalue weighted by Crippen LogP contribution is 2.05. The van der Waals surface area contributed by atoms with Crippen molar-refractivity contribution in [3.05, 3.63) is 32.9 Å². The van der Waals surface area contributed by atoms with Gasteiger partial charge in [-0.2, -0.15) is 0 Å². The van der Waals surface area contributed by atoms with Gasteiger partial charge < -0.3 is 9.97 Å². The molecular formula is C10H11IN4O2. The first-order valence-corrected chi connectivity index (χ1v) is 5.78. The summed E-state index contributed by atoms with van der Waals surface area (Å²) in [5.74, 6) is 1.55. The van der Waals surface area contributed by atoms with Crippen molar-refractivity contribution in [1.82, 2.24) is 19.9 Å². The van der Waals surface area contributed by atoms with Crippen LogP contribution in [0.5, 0.6) is 0 Å². The largest absolute Gasteiger partial charge is 0.340 e. The fraction of sp³-hybridized carbons (Fsp3) is 0.200. The number of imidazole rings is 2. The van der Waals surface area contributed by atoms with Gasteiger partial charge in [-0.05, 0) is 36.4 Å². The molecular weight excluding hydrogens is 335 g/mol. The van der Waals surface area contributed by atoms with Crippen molar-refractivity contribution in [2.24, 2.45) is 0 Å². The first kappa shape index (κ1) is 13.6. The fourth-order valence-corrected chi connectivity index (χ4v) is 1.70. The summed E-state index contributed by atoms with van der Waals surface area (Å²) in [5.41, 5.74) is 1.02. The summed E-state index contributed by atoms with van der Waals surface area (Å²) >= 11 is 2.03. The molecule has 6 nitrogen and oxygen atoms in total. The van der Waals surface area contributed by atoms with Crippen molar-refractivity contribution in [2.75, 3.05) is 0 Å². The Kier molecular flexibility index (Phi) is 5.01. The highest BCUT2D eigenvalue weighted by Gasteiger charge is 2.01. The van der Waals surface area contributed by atoms with Gasteiger partial charge >= 0.3 is 0 Å². The van der Waals surface area contributed by atoms with E-state index in [1.54, 1.807) is 6.92 Å². The number of halogens is 1. The van der Waals surface area contributed by atoms with E-state index in [1.807, 2.05) is 29.5 Å². The van der Waals surface area contributed by atoms with Crippen molar-refractivity contribution in [3.63, 3.8) is 0 Å². The lowest BCUT2D eigenvalue weighted by Gasteiger charge is -1.76. The number of hydrogen-bond donors (Lipinski definition) is 2. The molecule has 0 aromatic carbocycles. The molecule has 0 amide bonds. The predicted octanol–water partition coefficient (Wildman–Crippen LogP) is 1.67. The summed E-state index contributed by atoms with van der Waals surface area (Å²) in [6.45, 7) is 3.61. The molecule has 2 aromatic rings. The molecule has 0 aliphatic carbocycles. The molecule has 90 valence electrons. The molecule has 0 aliphatic rings. The number of aryl methyl sites for hydroxylation is 2. The number of aromatic amines is 2. The van der Waals surface area contributed by atoms with Gasteiger partial charge in [0.25, 0.3) is 0 Å². The highest BCUT2D eigenvalue weighted by atomic mass is 127. The molecule has 0 fully saturated rings. The molecule has 0 bridgehead atoms. The Morgan fingerprint density at radius 1 is 1.18 bits per heavy atom. The molecule has 0 spiro atoms. The van der Waals surface area contributed by atoms with E-state index in [4.69, 9.17) is 0 Å². The van der Waals surface area contributed by atoms with E-state index in [2.05, 4.69) is 19.9 Å². The standard InChI is InChI=1S/C5H5IN2O.C5H6N2O/c1-3-7-4(2-9)5(6)8-3;1-4-6-2-5(3-8)7-4/h2H,1H3,(H,7,8);2-3H,1H3,(H,6,7). The van der Waals surface area contributed by atoms with Crippen LogP contribution in [0.15, 0.2) is 6.20 Å². The molecule has 2 heterocycles.